The second-order valence-electron chi connectivity index (χ2n) is 3.87. The summed E-state index contributed by atoms with van der Waals surface area (Å²) in [6.07, 6.45) is 1.65. The van der Waals surface area contributed by atoms with E-state index in [1.54, 1.807) is 0 Å². The van der Waals surface area contributed by atoms with Crippen LogP contribution in [0.15, 0.2) is 12.1 Å². The van der Waals surface area contributed by atoms with Gasteiger partial charge >= 0.3 is 5.97 Å². The maximum Gasteiger partial charge on any atom is 0.338 e. The lowest BCUT2D eigenvalue weighted by Crippen LogP contribution is -2.06. The Labute approximate surface area is 116 Å². The summed E-state index contributed by atoms with van der Waals surface area (Å²) >= 11 is 0. The molecule has 0 heterocycles. The summed E-state index contributed by atoms with van der Waals surface area (Å²) in [5.41, 5.74) is 0.00361. The van der Waals surface area contributed by atoms with Crippen LogP contribution in [-0.2, 0) is 9.53 Å². The van der Waals surface area contributed by atoms with Crippen molar-refractivity contribution in [1.29, 1.82) is 0 Å². The van der Waals surface area contributed by atoms with Crippen molar-refractivity contribution < 1.29 is 34.8 Å². The Kier molecular flexibility index (Phi) is 7.57. The van der Waals surface area contributed by atoms with Crippen LogP contribution in [-0.4, -0.2) is 39.0 Å². The number of hydrogen-bond acceptors (Lipinski definition) is 6. The standard InChI is InChI=1S/C11H14O5.C2H4O2/c1-2-3-4-16-11(15)7-5-8(12)10(14)9(13)6-7;1-2(3)4/h5-6,12-14H,2-4H2,1H3;1H3,(H,3,4). The number of esters is 1. The molecule has 0 fully saturated rings. The van der Waals surface area contributed by atoms with E-state index in [4.69, 9.17) is 19.7 Å². The van der Waals surface area contributed by atoms with Crippen LogP contribution in [0.25, 0.3) is 0 Å². The molecule has 0 aromatic heterocycles. The molecule has 7 heteroatoms. The fraction of sp³-hybridized carbons (Fsp3) is 0.385. The molecule has 1 aromatic rings. The van der Waals surface area contributed by atoms with E-state index in [0.717, 1.165) is 31.9 Å². The number of phenols is 3. The Balaban J connectivity index is 0.000000796. The van der Waals surface area contributed by atoms with Gasteiger partial charge in [0.05, 0.1) is 12.2 Å². The fourth-order valence-electron chi connectivity index (χ4n) is 1.11. The average Bonchev–Trinajstić information content (AvgIpc) is 2.34. The minimum absolute atomic E-state index is 0.00361. The molecule has 0 aliphatic heterocycles. The molecule has 0 amide bonds. The number of rotatable bonds is 4. The third kappa shape index (κ3) is 6.48. The number of ether oxygens (including phenoxy) is 1. The number of unbranched alkanes of at least 4 members (excludes halogenated alkanes) is 1. The molecule has 112 valence electrons. The molecule has 0 unspecified atom stereocenters. The van der Waals surface area contributed by atoms with Crippen molar-refractivity contribution in [2.75, 3.05) is 6.61 Å². The Bertz CT molecular complexity index is 441. The highest BCUT2D eigenvalue weighted by Crippen LogP contribution is 2.35. The van der Waals surface area contributed by atoms with Gasteiger partial charge in [0.25, 0.3) is 5.97 Å². The van der Waals surface area contributed by atoms with E-state index in [2.05, 4.69) is 0 Å². The SMILES string of the molecule is CC(=O)O.CCCCOC(=O)c1cc(O)c(O)c(O)c1. The van der Waals surface area contributed by atoms with Crippen molar-refractivity contribution in [2.24, 2.45) is 0 Å². The summed E-state index contributed by atoms with van der Waals surface area (Å²) in [4.78, 5) is 20.4. The number of aliphatic carboxylic acids is 1. The van der Waals surface area contributed by atoms with Crippen LogP contribution < -0.4 is 0 Å². The van der Waals surface area contributed by atoms with Crippen molar-refractivity contribution in [1.82, 2.24) is 0 Å². The summed E-state index contributed by atoms with van der Waals surface area (Å²) in [6.45, 7) is 3.34. The number of aromatic hydroxyl groups is 3. The van der Waals surface area contributed by atoms with E-state index in [1.165, 1.54) is 0 Å². The van der Waals surface area contributed by atoms with Gasteiger partial charge in [-0.25, -0.2) is 4.79 Å². The lowest BCUT2D eigenvalue weighted by molar-refractivity contribution is -0.134. The third-order valence-corrected chi connectivity index (χ3v) is 2.04. The zero-order valence-corrected chi connectivity index (χ0v) is 11.3. The Hall–Kier alpha value is -2.44. The van der Waals surface area contributed by atoms with Gasteiger partial charge in [-0.1, -0.05) is 13.3 Å². The van der Waals surface area contributed by atoms with E-state index in [0.29, 0.717) is 0 Å². The molecule has 0 saturated carbocycles. The van der Waals surface area contributed by atoms with Crippen LogP contribution in [0.5, 0.6) is 17.2 Å². The van der Waals surface area contributed by atoms with Gasteiger partial charge in [0.15, 0.2) is 17.2 Å². The molecular weight excluding hydrogens is 268 g/mol. The first-order valence-corrected chi connectivity index (χ1v) is 5.91. The van der Waals surface area contributed by atoms with E-state index in [1.807, 2.05) is 6.92 Å². The molecule has 0 spiro atoms. The molecule has 0 radical (unpaired) electrons. The molecule has 0 atom stereocenters. The van der Waals surface area contributed by atoms with Crippen molar-refractivity contribution >= 4 is 11.9 Å². The molecule has 0 saturated heterocycles. The lowest BCUT2D eigenvalue weighted by Gasteiger charge is -2.06. The van der Waals surface area contributed by atoms with Crippen molar-refractivity contribution in [3.63, 3.8) is 0 Å². The Morgan fingerprint density at radius 2 is 1.60 bits per heavy atom. The topological polar surface area (TPSA) is 124 Å². The van der Waals surface area contributed by atoms with Crippen molar-refractivity contribution in [2.45, 2.75) is 26.7 Å². The maximum absolute atomic E-state index is 11.4. The molecule has 0 aliphatic carbocycles. The number of phenolic OH excluding ortho intramolecular Hbond substituents is 3. The zero-order chi connectivity index (χ0) is 15.7. The van der Waals surface area contributed by atoms with Crippen LogP contribution in [0, 0.1) is 0 Å². The van der Waals surface area contributed by atoms with Gasteiger partial charge in [0.1, 0.15) is 0 Å². The highest BCUT2D eigenvalue weighted by molar-refractivity contribution is 5.91. The van der Waals surface area contributed by atoms with E-state index in [9.17, 15) is 15.0 Å². The first-order chi connectivity index (χ1) is 9.29. The molecular formula is C13H18O7. The first-order valence-electron chi connectivity index (χ1n) is 5.91. The van der Waals surface area contributed by atoms with Crippen molar-refractivity contribution in [3.8, 4) is 17.2 Å². The summed E-state index contributed by atoms with van der Waals surface area (Å²) in [5.74, 6) is -3.23. The number of hydrogen-bond donors (Lipinski definition) is 4. The van der Waals surface area contributed by atoms with Gasteiger partial charge in [-0.2, -0.15) is 0 Å². The summed E-state index contributed by atoms with van der Waals surface area (Å²) in [5, 5.41) is 34.9. The maximum atomic E-state index is 11.4. The van der Waals surface area contributed by atoms with Gasteiger partial charge in [0, 0.05) is 6.92 Å². The molecule has 0 bridgehead atoms. The minimum atomic E-state index is -0.833. The van der Waals surface area contributed by atoms with E-state index < -0.39 is 29.2 Å². The highest BCUT2D eigenvalue weighted by Gasteiger charge is 2.14. The van der Waals surface area contributed by atoms with Gasteiger partial charge < -0.3 is 25.2 Å². The van der Waals surface area contributed by atoms with Crippen LogP contribution in [0.1, 0.15) is 37.0 Å². The summed E-state index contributed by atoms with van der Waals surface area (Å²) < 4.78 is 4.88. The zero-order valence-electron chi connectivity index (χ0n) is 11.3. The third-order valence-electron chi connectivity index (χ3n) is 2.04. The molecule has 4 N–H and O–H groups in total. The lowest BCUT2D eigenvalue weighted by atomic mass is 10.2. The van der Waals surface area contributed by atoms with E-state index in [-0.39, 0.29) is 12.2 Å². The molecule has 20 heavy (non-hydrogen) atoms. The fourth-order valence-corrected chi connectivity index (χ4v) is 1.11. The molecule has 1 rings (SSSR count). The van der Waals surface area contributed by atoms with Crippen LogP contribution in [0.2, 0.25) is 0 Å². The minimum Gasteiger partial charge on any atom is -0.504 e. The van der Waals surface area contributed by atoms with Crippen LogP contribution in [0.3, 0.4) is 0 Å². The van der Waals surface area contributed by atoms with Gasteiger partial charge in [-0.05, 0) is 18.6 Å². The smallest absolute Gasteiger partial charge is 0.338 e. The monoisotopic (exact) mass is 286 g/mol. The molecule has 1 aromatic carbocycles. The summed E-state index contributed by atoms with van der Waals surface area (Å²) in [6, 6.07) is 2.09. The largest absolute Gasteiger partial charge is 0.504 e. The highest BCUT2D eigenvalue weighted by atomic mass is 16.5. The normalized spacial score (nSPS) is 9.30. The number of carboxylic acid groups (broad SMARTS) is 1. The Morgan fingerprint density at radius 1 is 1.15 bits per heavy atom. The number of carboxylic acids is 1. The Morgan fingerprint density at radius 3 is 2.00 bits per heavy atom. The second-order valence-corrected chi connectivity index (χ2v) is 3.87. The first kappa shape index (κ1) is 17.6. The van der Waals surface area contributed by atoms with Gasteiger partial charge in [-0.15, -0.1) is 0 Å². The predicted octanol–water partition coefficient (Wildman–Crippen LogP) is 1.85. The number of carbonyl (C=O) groups excluding carboxylic acids is 1. The molecule has 0 aliphatic rings. The summed E-state index contributed by atoms with van der Waals surface area (Å²) in [7, 11) is 0. The van der Waals surface area contributed by atoms with Crippen LogP contribution >= 0.6 is 0 Å². The average molecular weight is 286 g/mol. The van der Waals surface area contributed by atoms with Crippen molar-refractivity contribution in [3.05, 3.63) is 17.7 Å². The van der Waals surface area contributed by atoms with E-state index >= 15 is 0 Å². The van der Waals surface area contributed by atoms with Gasteiger partial charge in [-0.3, -0.25) is 4.79 Å². The predicted molar refractivity (Wildman–Crippen MR) is 69.9 cm³/mol. The number of benzene rings is 1. The van der Waals surface area contributed by atoms with Gasteiger partial charge in [0.2, 0.25) is 0 Å². The molecule has 7 nitrogen and oxygen atoms in total. The van der Waals surface area contributed by atoms with Crippen LogP contribution in [0.4, 0.5) is 0 Å². The number of carbonyl (C=O) groups is 2. The quantitative estimate of drug-likeness (QED) is 0.378. The second kappa shape index (κ2) is 8.63.